The van der Waals surface area contributed by atoms with Crippen molar-refractivity contribution in [2.75, 3.05) is 0 Å². The second kappa shape index (κ2) is 5.32. The molecule has 0 saturated carbocycles. The van der Waals surface area contributed by atoms with Crippen molar-refractivity contribution < 1.29 is 4.52 Å². The monoisotopic (exact) mass is 292 g/mol. The van der Waals surface area contributed by atoms with Crippen LogP contribution in [-0.4, -0.2) is 9.53 Å². The largest absolute Gasteiger partial charge is 0.361 e. The summed E-state index contributed by atoms with van der Waals surface area (Å²) in [5, 5.41) is 3.99. The molecule has 110 valence electrons. The molecule has 20 heavy (non-hydrogen) atoms. The number of hydrogen-bond donors (Lipinski definition) is 0. The van der Waals surface area contributed by atoms with Gasteiger partial charge in [0.15, 0.2) is 0 Å². The van der Waals surface area contributed by atoms with Gasteiger partial charge >= 0.3 is 0 Å². The van der Waals surface area contributed by atoms with E-state index in [2.05, 4.69) is 50.2 Å². The molecule has 2 rings (SSSR count). The molecule has 4 heteroatoms. The normalized spacial score (nSPS) is 12.9. The van der Waals surface area contributed by atoms with E-state index < -0.39 is 0 Å². The molecular weight excluding hydrogens is 268 g/mol. The predicted molar refractivity (Wildman–Crippen MR) is 83.4 cm³/mol. The Morgan fingerprint density at radius 3 is 2.35 bits per heavy atom. The molecule has 0 unspecified atom stereocenters. The van der Waals surface area contributed by atoms with Crippen molar-refractivity contribution >= 4 is 11.5 Å². The van der Waals surface area contributed by atoms with Crippen molar-refractivity contribution in [3.63, 3.8) is 0 Å². The van der Waals surface area contributed by atoms with Crippen LogP contribution in [0.3, 0.4) is 0 Å². The summed E-state index contributed by atoms with van der Waals surface area (Å²) < 4.78 is 9.99. The maximum atomic E-state index is 5.41. The van der Waals surface area contributed by atoms with Gasteiger partial charge < -0.3 is 4.52 Å². The SMILES string of the molecule is Cc1cc(C(C)(C)CCc2cc(C(C)(C)C)sn2)on1. The Kier molecular flexibility index (Phi) is 4.05. The number of nitrogens with zero attached hydrogens (tertiary/aromatic N) is 2. The summed E-state index contributed by atoms with van der Waals surface area (Å²) in [5.74, 6) is 0.960. The zero-order valence-electron chi connectivity index (χ0n) is 13.3. The lowest BCUT2D eigenvalue weighted by Crippen LogP contribution is -2.17. The van der Waals surface area contributed by atoms with E-state index in [1.165, 1.54) is 10.6 Å². The van der Waals surface area contributed by atoms with Gasteiger partial charge in [0.05, 0.1) is 11.4 Å². The first-order chi connectivity index (χ1) is 9.18. The first-order valence-corrected chi connectivity index (χ1v) is 7.86. The van der Waals surface area contributed by atoms with Crippen LogP contribution in [0.2, 0.25) is 0 Å². The Morgan fingerprint density at radius 1 is 1.15 bits per heavy atom. The van der Waals surface area contributed by atoms with Gasteiger partial charge in [-0.05, 0) is 42.8 Å². The maximum Gasteiger partial charge on any atom is 0.142 e. The molecule has 0 saturated heterocycles. The minimum Gasteiger partial charge on any atom is -0.361 e. The van der Waals surface area contributed by atoms with Crippen molar-refractivity contribution in [1.82, 2.24) is 9.53 Å². The molecule has 2 aromatic heterocycles. The molecule has 3 nitrogen and oxygen atoms in total. The molecule has 0 bridgehead atoms. The molecule has 0 aliphatic rings. The third-order valence-electron chi connectivity index (χ3n) is 3.60. The van der Waals surface area contributed by atoms with Gasteiger partial charge in [0, 0.05) is 16.4 Å². The molecule has 2 aromatic rings. The van der Waals surface area contributed by atoms with Crippen LogP contribution in [0, 0.1) is 6.92 Å². The maximum absolute atomic E-state index is 5.41. The van der Waals surface area contributed by atoms with Crippen molar-refractivity contribution in [3.05, 3.63) is 34.2 Å². The summed E-state index contributed by atoms with van der Waals surface area (Å²) in [5.41, 5.74) is 2.31. The van der Waals surface area contributed by atoms with Crippen LogP contribution in [0.15, 0.2) is 16.7 Å². The van der Waals surface area contributed by atoms with Crippen LogP contribution in [-0.2, 0) is 17.3 Å². The van der Waals surface area contributed by atoms with Gasteiger partial charge in [-0.25, -0.2) is 0 Å². The van der Waals surface area contributed by atoms with E-state index in [-0.39, 0.29) is 10.8 Å². The van der Waals surface area contributed by atoms with Gasteiger partial charge in [-0.3, -0.25) is 0 Å². The number of aromatic nitrogens is 2. The fourth-order valence-electron chi connectivity index (χ4n) is 2.03. The van der Waals surface area contributed by atoms with E-state index in [4.69, 9.17) is 4.52 Å². The summed E-state index contributed by atoms with van der Waals surface area (Å²) in [4.78, 5) is 1.35. The number of aryl methyl sites for hydroxylation is 2. The first kappa shape index (κ1) is 15.2. The third-order valence-corrected chi connectivity index (χ3v) is 4.85. The van der Waals surface area contributed by atoms with E-state index >= 15 is 0 Å². The molecule has 0 fully saturated rings. The van der Waals surface area contributed by atoms with Crippen LogP contribution in [0.1, 0.15) is 63.1 Å². The van der Waals surface area contributed by atoms with E-state index in [0.29, 0.717) is 0 Å². The topological polar surface area (TPSA) is 38.9 Å². The van der Waals surface area contributed by atoms with Gasteiger partial charge in [-0.15, -0.1) is 0 Å². The summed E-state index contributed by atoms with van der Waals surface area (Å²) in [6, 6.07) is 4.27. The van der Waals surface area contributed by atoms with E-state index in [1.54, 1.807) is 11.5 Å². The highest BCUT2D eigenvalue weighted by molar-refractivity contribution is 7.06. The lowest BCUT2D eigenvalue weighted by molar-refractivity contribution is 0.303. The fraction of sp³-hybridized carbons (Fsp3) is 0.625. The first-order valence-electron chi connectivity index (χ1n) is 7.08. The molecule has 0 amide bonds. The molecule has 0 N–H and O–H groups in total. The van der Waals surface area contributed by atoms with Crippen LogP contribution >= 0.6 is 11.5 Å². The Hall–Kier alpha value is -1.16. The number of rotatable bonds is 4. The fourth-order valence-corrected chi connectivity index (χ4v) is 2.85. The summed E-state index contributed by atoms with van der Waals surface area (Å²) >= 11 is 1.62. The van der Waals surface area contributed by atoms with Crippen molar-refractivity contribution in [2.45, 2.75) is 65.2 Å². The van der Waals surface area contributed by atoms with E-state index in [0.717, 1.165) is 24.3 Å². The second-order valence-electron chi connectivity index (χ2n) is 7.15. The van der Waals surface area contributed by atoms with Crippen molar-refractivity contribution in [2.24, 2.45) is 0 Å². The molecular formula is C16H24N2OS. The molecule has 0 spiro atoms. The molecule has 0 aromatic carbocycles. The lowest BCUT2D eigenvalue weighted by Gasteiger charge is -2.20. The summed E-state index contributed by atoms with van der Waals surface area (Å²) in [6.45, 7) is 13.0. The molecule has 2 heterocycles. The van der Waals surface area contributed by atoms with Crippen LogP contribution in [0.25, 0.3) is 0 Å². The van der Waals surface area contributed by atoms with Crippen LogP contribution < -0.4 is 0 Å². The Morgan fingerprint density at radius 2 is 1.85 bits per heavy atom. The minimum atomic E-state index is -0.00717. The highest BCUT2D eigenvalue weighted by Crippen LogP contribution is 2.31. The standard InChI is InChI=1S/C16H24N2OS/c1-11-9-13(19-17-11)16(5,6)8-7-12-10-14(20-18-12)15(2,3)4/h9-10H,7-8H2,1-6H3. The van der Waals surface area contributed by atoms with Gasteiger partial charge in [-0.1, -0.05) is 39.8 Å². The van der Waals surface area contributed by atoms with Crippen LogP contribution in [0.4, 0.5) is 0 Å². The Balaban J connectivity index is 2.03. The summed E-state index contributed by atoms with van der Waals surface area (Å²) in [7, 11) is 0. The predicted octanol–water partition coefficient (Wildman–Crippen LogP) is 4.65. The average Bonchev–Trinajstić information content (AvgIpc) is 2.94. The molecule has 0 atom stereocenters. The quantitative estimate of drug-likeness (QED) is 0.823. The molecule has 0 aliphatic carbocycles. The zero-order valence-corrected chi connectivity index (χ0v) is 14.1. The van der Waals surface area contributed by atoms with Gasteiger partial charge in [0.2, 0.25) is 0 Å². The second-order valence-corrected chi connectivity index (χ2v) is 7.95. The van der Waals surface area contributed by atoms with Crippen molar-refractivity contribution in [1.29, 1.82) is 0 Å². The minimum absolute atomic E-state index is 0.00717. The Bertz CT molecular complexity index is 575. The third kappa shape index (κ3) is 3.48. The van der Waals surface area contributed by atoms with E-state index in [9.17, 15) is 0 Å². The van der Waals surface area contributed by atoms with Gasteiger partial charge in [0.1, 0.15) is 5.76 Å². The van der Waals surface area contributed by atoms with Gasteiger partial charge in [0.25, 0.3) is 0 Å². The van der Waals surface area contributed by atoms with Crippen LogP contribution in [0.5, 0.6) is 0 Å². The summed E-state index contributed by atoms with van der Waals surface area (Å²) in [6.07, 6.45) is 1.98. The zero-order chi connectivity index (χ0) is 15.0. The lowest BCUT2D eigenvalue weighted by atomic mass is 9.84. The number of hydrogen-bond acceptors (Lipinski definition) is 4. The average molecular weight is 292 g/mol. The molecule has 0 aliphatic heterocycles. The van der Waals surface area contributed by atoms with Gasteiger partial charge in [-0.2, -0.15) is 4.37 Å². The highest BCUT2D eigenvalue weighted by atomic mass is 32.1. The van der Waals surface area contributed by atoms with Crippen molar-refractivity contribution in [3.8, 4) is 0 Å². The Labute approximate surface area is 125 Å². The van der Waals surface area contributed by atoms with E-state index in [1.807, 2.05) is 13.0 Å². The smallest absolute Gasteiger partial charge is 0.142 e. The molecule has 0 radical (unpaired) electrons. The highest BCUT2D eigenvalue weighted by Gasteiger charge is 2.26.